The van der Waals surface area contributed by atoms with E-state index in [0.717, 1.165) is 5.69 Å². The molecule has 1 rings (SSSR count). The van der Waals surface area contributed by atoms with Gasteiger partial charge in [0.1, 0.15) is 25.0 Å². The van der Waals surface area contributed by atoms with Gasteiger partial charge in [0.2, 0.25) is 5.91 Å². The van der Waals surface area contributed by atoms with Gasteiger partial charge < -0.3 is 20.5 Å². The first kappa shape index (κ1) is 15.5. The molecule has 1 atom stereocenters. The number of aliphatic hydroxyl groups excluding tert-OH is 1. The van der Waals surface area contributed by atoms with Crippen molar-refractivity contribution in [2.75, 3.05) is 18.5 Å². The number of hydrogen-bond donors (Lipinski definition) is 3. The summed E-state index contributed by atoms with van der Waals surface area (Å²) in [5, 5.41) is 14.5. The molecule has 0 aliphatic carbocycles. The van der Waals surface area contributed by atoms with E-state index < -0.39 is 6.10 Å². The zero-order chi connectivity index (χ0) is 14.3. The highest BCUT2D eigenvalue weighted by Gasteiger charge is 2.08. The van der Waals surface area contributed by atoms with E-state index in [2.05, 4.69) is 24.5 Å². The van der Waals surface area contributed by atoms with Crippen molar-refractivity contribution in [2.24, 2.45) is 0 Å². The lowest BCUT2D eigenvalue weighted by Gasteiger charge is -2.13. The maximum Gasteiger partial charge on any atom is 0.221 e. The number of ether oxygens (including phenoxy) is 1. The molecule has 19 heavy (non-hydrogen) atoms. The van der Waals surface area contributed by atoms with Gasteiger partial charge >= 0.3 is 0 Å². The Morgan fingerprint density at radius 2 is 2.00 bits per heavy atom. The van der Waals surface area contributed by atoms with Crippen LogP contribution in [0.25, 0.3) is 0 Å². The van der Waals surface area contributed by atoms with Crippen LogP contribution in [0.2, 0.25) is 0 Å². The first-order valence-corrected chi connectivity index (χ1v) is 6.49. The average Bonchev–Trinajstić information content (AvgIpc) is 2.35. The molecule has 5 nitrogen and oxygen atoms in total. The van der Waals surface area contributed by atoms with Gasteiger partial charge in [-0.25, -0.2) is 0 Å². The number of carbonyl (C=O) groups excluding carboxylic acids is 1. The van der Waals surface area contributed by atoms with Crippen LogP contribution in [0.1, 0.15) is 20.8 Å². The SMILES string of the molecule is CC(=O)Nc1ccc(OCC(O)C[NH2+]C(C)C)cc1. The van der Waals surface area contributed by atoms with E-state index in [0.29, 0.717) is 18.3 Å². The second-order valence-electron chi connectivity index (χ2n) is 4.89. The van der Waals surface area contributed by atoms with Crippen molar-refractivity contribution < 1.29 is 20.0 Å². The van der Waals surface area contributed by atoms with E-state index in [1.165, 1.54) is 6.92 Å². The average molecular weight is 267 g/mol. The Morgan fingerprint density at radius 1 is 1.37 bits per heavy atom. The quantitative estimate of drug-likeness (QED) is 0.667. The maximum atomic E-state index is 10.9. The highest BCUT2D eigenvalue weighted by Crippen LogP contribution is 2.15. The van der Waals surface area contributed by atoms with Crippen LogP contribution in [0.5, 0.6) is 5.75 Å². The molecule has 0 aliphatic heterocycles. The Kier molecular flexibility index (Phi) is 6.32. The molecule has 0 bridgehead atoms. The van der Waals surface area contributed by atoms with Crippen LogP contribution in [0.15, 0.2) is 24.3 Å². The smallest absolute Gasteiger partial charge is 0.221 e. The highest BCUT2D eigenvalue weighted by atomic mass is 16.5. The van der Waals surface area contributed by atoms with Crippen molar-refractivity contribution in [2.45, 2.75) is 32.9 Å². The number of anilines is 1. The summed E-state index contributed by atoms with van der Waals surface area (Å²) in [5.41, 5.74) is 0.730. The van der Waals surface area contributed by atoms with Crippen LogP contribution < -0.4 is 15.4 Å². The van der Waals surface area contributed by atoms with Gasteiger partial charge in [0.25, 0.3) is 0 Å². The van der Waals surface area contributed by atoms with Gasteiger partial charge in [-0.05, 0) is 38.1 Å². The molecule has 4 N–H and O–H groups in total. The van der Waals surface area contributed by atoms with Crippen LogP contribution in [-0.2, 0) is 4.79 Å². The minimum Gasteiger partial charge on any atom is -0.491 e. The lowest BCUT2D eigenvalue weighted by molar-refractivity contribution is -0.688. The molecule has 0 aromatic heterocycles. The molecule has 5 heteroatoms. The van der Waals surface area contributed by atoms with Gasteiger partial charge in [0, 0.05) is 12.6 Å². The summed E-state index contributed by atoms with van der Waals surface area (Å²) >= 11 is 0. The number of rotatable bonds is 7. The molecule has 0 spiro atoms. The molecule has 1 unspecified atom stereocenters. The van der Waals surface area contributed by atoms with Gasteiger partial charge in [-0.2, -0.15) is 0 Å². The number of nitrogens with one attached hydrogen (secondary N) is 1. The highest BCUT2D eigenvalue weighted by molar-refractivity contribution is 5.88. The van der Waals surface area contributed by atoms with E-state index in [-0.39, 0.29) is 12.5 Å². The topological polar surface area (TPSA) is 75.2 Å². The molecule has 0 saturated heterocycles. The fourth-order valence-corrected chi connectivity index (χ4v) is 1.53. The lowest BCUT2D eigenvalue weighted by atomic mass is 10.3. The van der Waals surface area contributed by atoms with Crippen LogP contribution in [0.3, 0.4) is 0 Å². The van der Waals surface area contributed by atoms with Crippen LogP contribution in [-0.4, -0.2) is 36.3 Å². The number of hydrogen-bond acceptors (Lipinski definition) is 3. The first-order valence-electron chi connectivity index (χ1n) is 6.49. The third-order valence-electron chi connectivity index (χ3n) is 2.50. The summed E-state index contributed by atoms with van der Waals surface area (Å²) in [7, 11) is 0. The van der Waals surface area contributed by atoms with E-state index in [9.17, 15) is 9.90 Å². The molecular formula is C14H23N2O3+. The summed E-state index contributed by atoms with van der Waals surface area (Å²) in [6.07, 6.45) is -0.488. The molecule has 1 aromatic carbocycles. The number of amides is 1. The van der Waals surface area contributed by atoms with Crippen molar-refractivity contribution in [3.8, 4) is 5.75 Å². The molecular weight excluding hydrogens is 244 g/mol. The zero-order valence-corrected chi connectivity index (χ0v) is 11.7. The van der Waals surface area contributed by atoms with Crippen LogP contribution >= 0.6 is 0 Å². The Balaban J connectivity index is 2.35. The molecule has 0 heterocycles. The normalized spacial score (nSPS) is 12.3. The fourth-order valence-electron chi connectivity index (χ4n) is 1.53. The van der Waals surface area contributed by atoms with Gasteiger partial charge in [-0.15, -0.1) is 0 Å². The predicted octanol–water partition coefficient (Wildman–Crippen LogP) is 0.356. The molecule has 1 aromatic rings. The Morgan fingerprint density at radius 3 is 2.53 bits per heavy atom. The van der Waals surface area contributed by atoms with E-state index >= 15 is 0 Å². The van der Waals surface area contributed by atoms with Gasteiger partial charge in [0.05, 0.1) is 6.04 Å². The molecule has 0 radical (unpaired) electrons. The number of quaternary nitrogens is 1. The van der Waals surface area contributed by atoms with Crippen molar-refractivity contribution >= 4 is 11.6 Å². The van der Waals surface area contributed by atoms with Gasteiger partial charge in [-0.3, -0.25) is 4.79 Å². The number of carbonyl (C=O) groups is 1. The molecule has 0 saturated carbocycles. The summed E-state index contributed by atoms with van der Waals surface area (Å²) < 4.78 is 5.48. The Hall–Kier alpha value is -1.59. The predicted molar refractivity (Wildman–Crippen MR) is 74.2 cm³/mol. The maximum absolute atomic E-state index is 10.9. The third kappa shape index (κ3) is 6.79. The molecule has 1 amide bonds. The minimum atomic E-state index is -0.488. The summed E-state index contributed by atoms with van der Waals surface area (Å²) in [6, 6.07) is 7.53. The monoisotopic (exact) mass is 267 g/mol. The second kappa shape index (κ2) is 7.76. The fraction of sp³-hybridized carbons (Fsp3) is 0.500. The van der Waals surface area contributed by atoms with E-state index in [1.54, 1.807) is 24.3 Å². The van der Waals surface area contributed by atoms with Gasteiger partial charge in [-0.1, -0.05) is 0 Å². The molecule has 0 fully saturated rings. The minimum absolute atomic E-state index is 0.103. The Bertz CT molecular complexity index is 390. The number of nitrogens with two attached hydrogens (primary N) is 1. The lowest BCUT2D eigenvalue weighted by Crippen LogP contribution is -2.90. The third-order valence-corrected chi connectivity index (χ3v) is 2.50. The van der Waals surface area contributed by atoms with E-state index in [1.807, 2.05) is 0 Å². The second-order valence-corrected chi connectivity index (χ2v) is 4.89. The van der Waals surface area contributed by atoms with Crippen molar-refractivity contribution in [1.82, 2.24) is 0 Å². The van der Waals surface area contributed by atoms with Gasteiger partial charge in [0.15, 0.2) is 0 Å². The van der Waals surface area contributed by atoms with Crippen molar-refractivity contribution in [1.29, 1.82) is 0 Å². The Labute approximate surface area is 114 Å². The largest absolute Gasteiger partial charge is 0.491 e. The summed E-state index contributed by atoms with van der Waals surface area (Å²) in [4.78, 5) is 10.9. The standard InChI is InChI=1S/C14H22N2O3/c1-10(2)15-8-13(18)9-19-14-6-4-12(5-7-14)16-11(3)17/h4-7,10,13,15,18H,8-9H2,1-3H3,(H,16,17)/p+1. The number of benzene rings is 1. The van der Waals surface area contributed by atoms with E-state index in [4.69, 9.17) is 4.74 Å². The molecule has 106 valence electrons. The van der Waals surface area contributed by atoms with Crippen LogP contribution in [0.4, 0.5) is 5.69 Å². The van der Waals surface area contributed by atoms with Crippen molar-refractivity contribution in [3.05, 3.63) is 24.3 Å². The number of aliphatic hydroxyl groups is 1. The summed E-state index contributed by atoms with van der Waals surface area (Å²) in [5.74, 6) is 0.575. The zero-order valence-electron chi connectivity index (χ0n) is 11.7. The van der Waals surface area contributed by atoms with Crippen molar-refractivity contribution in [3.63, 3.8) is 0 Å². The van der Waals surface area contributed by atoms with Crippen LogP contribution in [0, 0.1) is 0 Å². The first-order chi connectivity index (χ1) is 8.97. The molecule has 0 aliphatic rings. The summed E-state index contributed by atoms with van der Waals surface area (Å²) in [6.45, 7) is 6.51.